The Hall–Kier alpha value is -3.89. The van der Waals surface area contributed by atoms with Crippen molar-refractivity contribution >= 4 is 23.1 Å². The lowest BCUT2D eigenvalue weighted by molar-refractivity contribution is -0.708. The van der Waals surface area contributed by atoms with E-state index in [-0.39, 0.29) is 14.9 Å². The summed E-state index contributed by atoms with van der Waals surface area (Å²) in [5.41, 5.74) is 12.0. The van der Waals surface area contributed by atoms with Gasteiger partial charge in [0.2, 0.25) is 0 Å². The number of aromatic nitrogens is 2. The second-order valence-corrected chi connectivity index (χ2v) is 13.7. The highest BCUT2D eigenvalue weighted by atomic mass is 32.2. The molecule has 0 bridgehead atoms. The average Bonchev–Trinajstić information content (AvgIpc) is 3.04. The number of fused-ring (bicyclic) bond motifs is 2. The van der Waals surface area contributed by atoms with Crippen LogP contribution in [-0.2, 0) is 13.1 Å². The number of rotatable bonds is 12. The zero-order valence-corrected chi connectivity index (χ0v) is 28.2. The molecule has 0 atom stereocenters. The van der Waals surface area contributed by atoms with Crippen molar-refractivity contribution in [3.05, 3.63) is 131 Å². The molecule has 0 fully saturated rings. The van der Waals surface area contributed by atoms with E-state index < -0.39 is 0 Å². The van der Waals surface area contributed by atoms with Crippen LogP contribution in [0.2, 0.25) is 0 Å². The molecular formula is C43H55N3S+2. The van der Waals surface area contributed by atoms with E-state index in [2.05, 4.69) is 145 Å². The van der Waals surface area contributed by atoms with Crippen molar-refractivity contribution in [1.82, 2.24) is 0 Å². The molecule has 0 radical (unpaired) electrons. The maximum atomic E-state index is 2.54. The van der Waals surface area contributed by atoms with Crippen molar-refractivity contribution in [2.45, 2.75) is 104 Å². The number of aryl methyl sites for hydroxylation is 4. The number of unbranched alkanes of at least 4 members (excludes halogenated alkanes) is 5. The normalized spacial score (nSPS) is 11.7. The molecule has 0 spiro atoms. The molecule has 1 aliphatic rings. The first kappa shape index (κ1) is 36.0. The molecule has 0 amide bonds. The molecular weight excluding hydrogens is 591 g/mol. The maximum Gasteiger partial charge on any atom is 0.179 e. The smallest absolute Gasteiger partial charge is 0.179 e. The van der Waals surface area contributed by atoms with E-state index in [0.29, 0.717) is 0 Å². The SMILES string of the molecule is C.C.Cc1cc(-c2cc(C)[n+](Cc3ccccc3)c(C)c2)cc(C)[n+]1CCCCCCCCN1c2ccccc2Sc2ccccc21. The van der Waals surface area contributed by atoms with Crippen LogP contribution in [0, 0.1) is 27.7 Å². The first-order valence-corrected chi connectivity index (χ1v) is 17.5. The van der Waals surface area contributed by atoms with Gasteiger partial charge in [0.1, 0.15) is 6.54 Å². The number of hydrogen-bond donors (Lipinski definition) is 0. The second kappa shape index (κ2) is 16.8. The van der Waals surface area contributed by atoms with Crippen LogP contribution in [0.5, 0.6) is 0 Å². The predicted molar refractivity (Wildman–Crippen MR) is 202 cm³/mol. The minimum absolute atomic E-state index is 0. The summed E-state index contributed by atoms with van der Waals surface area (Å²) < 4.78 is 4.91. The van der Waals surface area contributed by atoms with Crippen LogP contribution in [-0.4, -0.2) is 6.54 Å². The third-order valence-electron chi connectivity index (χ3n) is 9.22. The molecule has 3 aromatic carbocycles. The summed E-state index contributed by atoms with van der Waals surface area (Å²) in [7, 11) is 0. The minimum Gasteiger partial charge on any atom is -0.340 e. The third kappa shape index (κ3) is 8.53. The van der Waals surface area contributed by atoms with Crippen molar-refractivity contribution < 1.29 is 9.13 Å². The Labute approximate surface area is 289 Å². The van der Waals surface area contributed by atoms with Crippen molar-refractivity contribution in [3.63, 3.8) is 0 Å². The van der Waals surface area contributed by atoms with Gasteiger partial charge in [0.25, 0.3) is 0 Å². The van der Waals surface area contributed by atoms with Gasteiger partial charge in [-0.2, -0.15) is 4.57 Å². The van der Waals surface area contributed by atoms with E-state index in [1.54, 1.807) is 0 Å². The highest BCUT2D eigenvalue weighted by molar-refractivity contribution is 7.99. The number of nitrogens with zero attached hydrogens (tertiary/aromatic N) is 3. The maximum absolute atomic E-state index is 2.54. The topological polar surface area (TPSA) is 11.0 Å². The fourth-order valence-corrected chi connectivity index (χ4v) is 7.92. The average molecular weight is 646 g/mol. The van der Waals surface area contributed by atoms with Crippen LogP contribution >= 0.6 is 11.8 Å². The molecule has 2 aromatic heterocycles. The van der Waals surface area contributed by atoms with Gasteiger partial charge in [0.05, 0.1) is 11.4 Å². The summed E-state index contributed by atoms with van der Waals surface area (Å²) in [6.07, 6.45) is 7.66. The van der Waals surface area contributed by atoms with Gasteiger partial charge in [0, 0.05) is 80.3 Å². The number of para-hydroxylation sites is 2. The molecule has 0 unspecified atom stereocenters. The molecule has 0 N–H and O–H groups in total. The Kier molecular flexibility index (Phi) is 12.8. The Morgan fingerprint density at radius 2 is 0.957 bits per heavy atom. The summed E-state index contributed by atoms with van der Waals surface area (Å²) in [5, 5.41) is 0. The molecule has 0 saturated heterocycles. The van der Waals surface area contributed by atoms with Crippen LogP contribution in [0.1, 0.15) is 81.7 Å². The van der Waals surface area contributed by atoms with E-state index in [4.69, 9.17) is 0 Å². The highest BCUT2D eigenvalue weighted by Gasteiger charge is 2.22. The Bertz CT molecular complexity index is 1670. The highest BCUT2D eigenvalue weighted by Crippen LogP contribution is 2.47. The van der Waals surface area contributed by atoms with E-state index in [1.165, 1.54) is 99.2 Å². The fraction of sp³-hybridized carbons (Fsp3) is 0.349. The third-order valence-corrected chi connectivity index (χ3v) is 10.4. The monoisotopic (exact) mass is 645 g/mol. The number of anilines is 2. The standard InChI is InChI=1S/C41H47N3S.2CH4/c1-31-26-36(37-28-33(3)44(34(4)29-37)30-35-18-10-9-11-19-35)27-32(2)42(31)24-16-7-5-6-8-17-25-43-38-20-12-14-22-40(38)45-41-23-15-13-21-39(41)43;;/h9-15,18-23,26-29H,5-8,16-17,24-25,30H2,1-4H3;2*1H4/q+2;;. The van der Waals surface area contributed by atoms with Gasteiger partial charge in [-0.25, -0.2) is 4.57 Å². The minimum atomic E-state index is 0. The summed E-state index contributed by atoms with van der Waals surface area (Å²) >= 11 is 1.90. The second-order valence-electron chi connectivity index (χ2n) is 12.6. The first-order chi connectivity index (χ1) is 22.0. The largest absolute Gasteiger partial charge is 0.340 e. The summed E-state index contributed by atoms with van der Waals surface area (Å²) in [5.74, 6) is 0. The summed E-state index contributed by atoms with van der Waals surface area (Å²) in [6, 6.07) is 37.9. The van der Waals surface area contributed by atoms with Crippen LogP contribution in [0.4, 0.5) is 11.4 Å². The van der Waals surface area contributed by atoms with Gasteiger partial charge in [-0.1, -0.05) is 100 Å². The van der Waals surface area contributed by atoms with Gasteiger partial charge in [0.15, 0.2) is 29.3 Å². The summed E-state index contributed by atoms with van der Waals surface area (Å²) in [4.78, 5) is 5.27. The van der Waals surface area contributed by atoms with Gasteiger partial charge >= 0.3 is 0 Å². The Morgan fingerprint density at radius 1 is 0.511 bits per heavy atom. The molecule has 3 nitrogen and oxygen atoms in total. The van der Waals surface area contributed by atoms with E-state index in [0.717, 1.165) is 19.6 Å². The molecule has 246 valence electrons. The number of pyridine rings is 2. The molecule has 0 saturated carbocycles. The molecule has 3 heterocycles. The lowest BCUT2D eigenvalue weighted by atomic mass is 10.0. The van der Waals surface area contributed by atoms with Crippen LogP contribution in [0.15, 0.2) is 113 Å². The van der Waals surface area contributed by atoms with Crippen molar-refractivity contribution in [3.8, 4) is 11.1 Å². The van der Waals surface area contributed by atoms with Crippen LogP contribution in [0.3, 0.4) is 0 Å². The van der Waals surface area contributed by atoms with Gasteiger partial charge in [-0.3, -0.25) is 0 Å². The predicted octanol–water partition coefficient (Wildman–Crippen LogP) is 11.1. The lowest BCUT2D eigenvalue weighted by Crippen LogP contribution is -2.41. The summed E-state index contributed by atoms with van der Waals surface area (Å²) in [6.45, 7) is 12.1. The lowest BCUT2D eigenvalue weighted by Gasteiger charge is -2.32. The van der Waals surface area contributed by atoms with Gasteiger partial charge < -0.3 is 4.90 Å². The molecule has 0 aliphatic carbocycles. The molecule has 4 heteroatoms. The zero-order chi connectivity index (χ0) is 31.2. The number of benzene rings is 3. The number of hydrogen-bond acceptors (Lipinski definition) is 2. The fourth-order valence-electron chi connectivity index (χ4n) is 6.82. The zero-order valence-electron chi connectivity index (χ0n) is 27.4. The van der Waals surface area contributed by atoms with Crippen LogP contribution in [0.25, 0.3) is 11.1 Å². The van der Waals surface area contributed by atoms with E-state index in [9.17, 15) is 0 Å². The van der Waals surface area contributed by atoms with Gasteiger partial charge in [-0.05, 0) is 48.2 Å². The Balaban J connectivity index is 0.00000250. The Morgan fingerprint density at radius 3 is 1.51 bits per heavy atom. The molecule has 5 aromatic rings. The van der Waals surface area contributed by atoms with Crippen molar-refractivity contribution in [1.29, 1.82) is 0 Å². The van der Waals surface area contributed by atoms with Crippen LogP contribution < -0.4 is 14.0 Å². The molecule has 47 heavy (non-hydrogen) atoms. The quantitative estimate of drug-likeness (QED) is 0.0988. The van der Waals surface area contributed by atoms with E-state index in [1.807, 2.05) is 11.8 Å². The molecule has 6 rings (SSSR count). The van der Waals surface area contributed by atoms with E-state index >= 15 is 0 Å². The molecule has 1 aliphatic heterocycles. The van der Waals surface area contributed by atoms with Gasteiger partial charge in [-0.15, -0.1) is 0 Å². The first-order valence-electron chi connectivity index (χ1n) is 16.7. The van der Waals surface area contributed by atoms with Crippen molar-refractivity contribution in [2.24, 2.45) is 0 Å². The van der Waals surface area contributed by atoms with Crippen molar-refractivity contribution in [2.75, 3.05) is 11.4 Å².